The maximum Gasteiger partial charge on any atom is 0.239 e. The molecule has 0 aromatic carbocycles. The van der Waals surface area contributed by atoms with Gasteiger partial charge in [-0.05, 0) is 20.3 Å². The van der Waals surface area contributed by atoms with Crippen LogP contribution in [0.1, 0.15) is 27.2 Å². The molecule has 0 radical (unpaired) electrons. The van der Waals surface area contributed by atoms with Crippen LogP contribution in [0.2, 0.25) is 0 Å². The predicted molar refractivity (Wildman–Crippen MR) is 59.6 cm³/mol. The van der Waals surface area contributed by atoms with Gasteiger partial charge in [0.15, 0.2) is 0 Å². The molecule has 82 valence electrons. The summed E-state index contributed by atoms with van der Waals surface area (Å²) in [4.78, 5) is 13.9. The van der Waals surface area contributed by atoms with Gasteiger partial charge < -0.3 is 9.64 Å². The molecule has 1 aliphatic heterocycles. The molecular formula is C10H18BrNO2. The van der Waals surface area contributed by atoms with Gasteiger partial charge in [0.2, 0.25) is 5.91 Å². The van der Waals surface area contributed by atoms with Crippen molar-refractivity contribution in [3.05, 3.63) is 0 Å². The molecule has 0 bridgehead atoms. The summed E-state index contributed by atoms with van der Waals surface area (Å²) in [6.45, 7) is 7.90. The van der Waals surface area contributed by atoms with E-state index >= 15 is 0 Å². The topological polar surface area (TPSA) is 29.5 Å². The molecule has 1 atom stereocenters. The fourth-order valence-electron chi connectivity index (χ4n) is 1.60. The Morgan fingerprint density at radius 2 is 2.29 bits per heavy atom. The van der Waals surface area contributed by atoms with E-state index in [9.17, 15) is 4.79 Å². The van der Waals surface area contributed by atoms with Gasteiger partial charge in [0, 0.05) is 6.54 Å². The second-order valence-electron chi connectivity index (χ2n) is 4.11. The summed E-state index contributed by atoms with van der Waals surface area (Å²) in [5.41, 5.74) is 0. The molecule has 0 N–H and O–H groups in total. The molecule has 1 amide bonds. The molecular weight excluding hydrogens is 246 g/mol. The van der Waals surface area contributed by atoms with Crippen LogP contribution in [0.4, 0.5) is 0 Å². The number of carbonyl (C=O) groups is 1. The SMILES string of the molecule is CCC1COCCN1C(=O)C(C)(C)Br. The monoisotopic (exact) mass is 263 g/mol. The number of alkyl halides is 1. The fourth-order valence-corrected chi connectivity index (χ4v) is 1.83. The van der Waals surface area contributed by atoms with Crippen molar-refractivity contribution in [1.29, 1.82) is 0 Å². The Balaban J connectivity index is 2.69. The van der Waals surface area contributed by atoms with Crippen LogP contribution in [0.15, 0.2) is 0 Å². The van der Waals surface area contributed by atoms with Gasteiger partial charge in [-0.1, -0.05) is 22.9 Å². The molecule has 1 aliphatic rings. The first-order chi connectivity index (χ1) is 6.46. The zero-order valence-corrected chi connectivity index (χ0v) is 10.6. The third kappa shape index (κ3) is 2.70. The molecule has 1 unspecified atom stereocenters. The molecule has 0 saturated carbocycles. The number of rotatable bonds is 2. The molecule has 0 spiro atoms. The summed E-state index contributed by atoms with van der Waals surface area (Å²) >= 11 is 3.40. The first-order valence-corrected chi connectivity index (χ1v) is 5.84. The van der Waals surface area contributed by atoms with E-state index in [0.29, 0.717) is 19.8 Å². The first-order valence-electron chi connectivity index (χ1n) is 5.04. The van der Waals surface area contributed by atoms with Gasteiger partial charge in [-0.25, -0.2) is 0 Å². The van der Waals surface area contributed by atoms with Crippen LogP contribution < -0.4 is 0 Å². The highest BCUT2D eigenvalue weighted by Gasteiger charge is 2.34. The number of amides is 1. The van der Waals surface area contributed by atoms with Gasteiger partial charge in [0.25, 0.3) is 0 Å². The molecule has 1 heterocycles. The number of ether oxygens (including phenoxy) is 1. The molecule has 1 rings (SSSR count). The van der Waals surface area contributed by atoms with E-state index in [1.807, 2.05) is 18.7 Å². The minimum atomic E-state index is -0.461. The second kappa shape index (κ2) is 4.62. The molecule has 0 aromatic heterocycles. The summed E-state index contributed by atoms with van der Waals surface area (Å²) in [6, 6.07) is 0.244. The summed E-state index contributed by atoms with van der Waals surface area (Å²) in [5, 5.41) is 0. The van der Waals surface area contributed by atoms with Crippen molar-refractivity contribution in [1.82, 2.24) is 4.90 Å². The molecule has 0 aliphatic carbocycles. The van der Waals surface area contributed by atoms with Gasteiger partial charge >= 0.3 is 0 Å². The Morgan fingerprint density at radius 3 is 2.79 bits per heavy atom. The predicted octanol–water partition coefficient (Wildman–Crippen LogP) is 1.80. The normalized spacial score (nSPS) is 23.7. The third-order valence-corrected chi connectivity index (χ3v) is 2.81. The van der Waals surface area contributed by atoms with Crippen LogP contribution in [-0.2, 0) is 9.53 Å². The molecule has 4 heteroatoms. The van der Waals surface area contributed by atoms with Crippen molar-refractivity contribution in [2.24, 2.45) is 0 Å². The van der Waals surface area contributed by atoms with E-state index in [4.69, 9.17) is 4.74 Å². The third-order valence-electron chi connectivity index (χ3n) is 2.47. The van der Waals surface area contributed by atoms with Crippen LogP contribution >= 0.6 is 15.9 Å². The molecule has 0 aromatic rings. The summed E-state index contributed by atoms with van der Waals surface area (Å²) < 4.78 is 4.90. The first kappa shape index (κ1) is 12.0. The Bertz CT molecular complexity index is 213. The van der Waals surface area contributed by atoms with Gasteiger partial charge in [-0.15, -0.1) is 0 Å². The Kier molecular flexibility index (Phi) is 3.95. The Morgan fingerprint density at radius 1 is 1.64 bits per heavy atom. The van der Waals surface area contributed by atoms with Crippen LogP contribution in [-0.4, -0.2) is 40.9 Å². The molecule has 1 saturated heterocycles. The van der Waals surface area contributed by atoms with E-state index < -0.39 is 4.32 Å². The van der Waals surface area contributed by atoms with Gasteiger partial charge in [0.05, 0.1) is 23.6 Å². The lowest BCUT2D eigenvalue weighted by molar-refractivity contribution is -0.141. The average molecular weight is 264 g/mol. The lowest BCUT2D eigenvalue weighted by Crippen LogP contribution is -2.53. The highest BCUT2D eigenvalue weighted by atomic mass is 79.9. The largest absolute Gasteiger partial charge is 0.377 e. The fraction of sp³-hybridized carbons (Fsp3) is 0.900. The number of hydrogen-bond donors (Lipinski definition) is 0. The van der Waals surface area contributed by atoms with Crippen molar-refractivity contribution >= 4 is 21.8 Å². The van der Waals surface area contributed by atoms with Crippen LogP contribution in [0, 0.1) is 0 Å². The summed E-state index contributed by atoms with van der Waals surface area (Å²) in [6.07, 6.45) is 0.953. The van der Waals surface area contributed by atoms with Gasteiger partial charge in [0.1, 0.15) is 0 Å². The van der Waals surface area contributed by atoms with Crippen molar-refractivity contribution in [2.75, 3.05) is 19.8 Å². The van der Waals surface area contributed by atoms with E-state index in [2.05, 4.69) is 22.9 Å². The molecule has 1 fully saturated rings. The lowest BCUT2D eigenvalue weighted by Gasteiger charge is -2.38. The highest BCUT2D eigenvalue weighted by Crippen LogP contribution is 2.22. The van der Waals surface area contributed by atoms with Crippen LogP contribution in [0.5, 0.6) is 0 Å². The maximum absolute atomic E-state index is 12.0. The Labute approximate surface area is 93.9 Å². The standard InChI is InChI=1S/C10H18BrNO2/c1-4-8-7-14-6-5-12(8)9(13)10(2,3)11/h8H,4-7H2,1-3H3. The van der Waals surface area contributed by atoms with Gasteiger partial charge in [-0.2, -0.15) is 0 Å². The number of halogens is 1. The zero-order valence-electron chi connectivity index (χ0n) is 9.05. The quantitative estimate of drug-likeness (QED) is 0.712. The second-order valence-corrected chi connectivity index (χ2v) is 6.09. The van der Waals surface area contributed by atoms with E-state index in [-0.39, 0.29) is 11.9 Å². The van der Waals surface area contributed by atoms with E-state index in [1.54, 1.807) is 0 Å². The van der Waals surface area contributed by atoms with Crippen LogP contribution in [0.3, 0.4) is 0 Å². The number of carbonyl (C=O) groups excluding carboxylic acids is 1. The zero-order chi connectivity index (χ0) is 10.8. The van der Waals surface area contributed by atoms with E-state index in [1.165, 1.54) is 0 Å². The maximum atomic E-state index is 12.0. The van der Waals surface area contributed by atoms with Gasteiger partial charge in [-0.3, -0.25) is 4.79 Å². The number of nitrogens with zero attached hydrogens (tertiary/aromatic N) is 1. The molecule has 14 heavy (non-hydrogen) atoms. The smallest absolute Gasteiger partial charge is 0.239 e. The van der Waals surface area contributed by atoms with Crippen molar-refractivity contribution in [3.63, 3.8) is 0 Å². The van der Waals surface area contributed by atoms with Crippen molar-refractivity contribution < 1.29 is 9.53 Å². The number of morpholine rings is 1. The minimum absolute atomic E-state index is 0.160. The minimum Gasteiger partial charge on any atom is -0.377 e. The lowest BCUT2D eigenvalue weighted by atomic mass is 10.1. The van der Waals surface area contributed by atoms with Crippen LogP contribution in [0.25, 0.3) is 0 Å². The summed E-state index contributed by atoms with van der Waals surface area (Å²) in [7, 11) is 0. The van der Waals surface area contributed by atoms with Crippen molar-refractivity contribution in [2.45, 2.75) is 37.6 Å². The average Bonchev–Trinajstić information content (AvgIpc) is 2.15. The van der Waals surface area contributed by atoms with Crippen molar-refractivity contribution in [3.8, 4) is 0 Å². The Hall–Kier alpha value is -0.0900. The number of hydrogen-bond acceptors (Lipinski definition) is 2. The van der Waals surface area contributed by atoms with E-state index in [0.717, 1.165) is 6.42 Å². The molecule has 3 nitrogen and oxygen atoms in total. The highest BCUT2D eigenvalue weighted by molar-refractivity contribution is 9.10. The summed E-state index contributed by atoms with van der Waals surface area (Å²) in [5.74, 6) is 0.160.